The van der Waals surface area contributed by atoms with Crippen LogP contribution in [-0.2, 0) is 21.5 Å². The molecule has 2 saturated heterocycles. The number of nitrogens with zero attached hydrogens (tertiary/aromatic N) is 4. The van der Waals surface area contributed by atoms with E-state index in [-0.39, 0.29) is 5.41 Å². The van der Waals surface area contributed by atoms with E-state index < -0.39 is 0 Å². The molecule has 3 aliphatic rings. The number of fused-ring (bicyclic) bond motifs is 2. The van der Waals surface area contributed by atoms with Crippen LogP contribution in [0.15, 0.2) is 0 Å². The number of anilines is 1. The number of hydrogen-bond acceptors (Lipinski definition) is 6. The fraction of sp³-hybridized carbons (Fsp3) is 0.765. The van der Waals surface area contributed by atoms with Crippen LogP contribution in [0.25, 0.3) is 0 Å². The molecule has 3 aliphatic heterocycles. The van der Waals surface area contributed by atoms with Gasteiger partial charge in [-0.25, -0.2) is 9.97 Å². The second kappa shape index (κ2) is 6.00. The van der Waals surface area contributed by atoms with Crippen molar-refractivity contribution in [1.29, 1.82) is 0 Å². The molecule has 4 heterocycles. The summed E-state index contributed by atoms with van der Waals surface area (Å²) >= 11 is 0. The van der Waals surface area contributed by atoms with Crippen LogP contribution in [0.1, 0.15) is 30.3 Å². The molecule has 4 rings (SSSR count). The van der Waals surface area contributed by atoms with Gasteiger partial charge in [-0.1, -0.05) is 6.92 Å². The lowest BCUT2D eigenvalue weighted by Crippen LogP contribution is -2.42. The monoisotopic (exact) mass is 318 g/mol. The van der Waals surface area contributed by atoms with E-state index in [4.69, 9.17) is 19.4 Å². The van der Waals surface area contributed by atoms with Gasteiger partial charge in [-0.3, -0.25) is 0 Å². The molecular formula is C17H26N4O2. The largest absolute Gasteiger partial charge is 0.378 e. The first-order chi connectivity index (χ1) is 11.2. The summed E-state index contributed by atoms with van der Waals surface area (Å²) in [6.45, 7) is 12.3. The van der Waals surface area contributed by atoms with Crippen molar-refractivity contribution in [2.24, 2.45) is 0 Å². The highest BCUT2D eigenvalue weighted by atomic mass is 16.5. The van der Waals surface area contributed by atoms with Crippen molar-refractivity contribution in [3.8, 4) is 0 Å². The van der Waals surface area contributed by atoms with Crippen molar-refractivity contribution in [2.75, 3.05) is 57.4 Å². The van der Waals surface area contributed by atoms with Gasteiger partial charge in [0.2, 0.25) is 5.95 Å². The van der Waals surface area contributed by atoms with E-state index in [0.29, 0.717) is 6.61 Å². The predicted octanol–water partition coefficient (Wildman–Crippen LogP) is 1.12. The predicted molar refractivity (Wildman–Crippen MR) is 87.9 cm³/mol. The number of rotatable bonds is 2. The summed E-state index contributed by atoms with van der Waals surface area (Å²) in [6, 6.07) is 0. The van der Waals surface area contributed by atoms with Crippen LogP contribution in [0.4, 0.5) is 5.95 Å². The summed E-state index contributed by atoms with van der Waals surface area (Å²) in [6.07, 6.45) is 1.13. The molecule has 126 valence electrons. The van der Waals surface area contributed by atoms with Gasteiger partial charge in [-0.15, -0.1) is 0 Å². The third-order valence-electron chi connectivity index (χ3n) is 5.50. The molecule has 2 fully saturated rings. The molecule has 0 aliphatic carbocycles. The van der Waals surface area contributed by atoms with Crippen molar-refractivity contribution in [1.82, 2.24) is 14.9 Å². The van der Waals surface area contributed by atoms with Crippen LogP contribution < -0.4 is 4.90 Å². The number of ether oxygens (including phenoxy) is 2. The molecule has 1 aromatic heterocycles. The first kappa shape index (κ1) is 15.3. The Morgan fingerprint density at radius 2 is 1.96 bits per heavy atom. The van der Waals surface area contributed by atoms with Crippen molar-refractivity contribution in [3.05, 3.63) is 17.0 Å². The Labute approximate surface area is 137 Å². The molecule has 6 nitrogen and oxygen atoms in total. The van der Waals surface area contributed by atoms with E-state index >= 15 is 0 Å². The Bertz CT molecular complexity index is 588. The Kier molecular flexibility index (Phi) is 3.99. The zero-order valence-corrected chi connectivity index (χ0v) is 14.2. The summed E-state index contributed by atoms with van der Waals surface area (Å²) in [5, 5.41) is 0. The quantitative estimate of drug-likeness (QED) is 0.814. The summed E-state index contributed by atoms with van der Waals surface area (Å²) in [5.41, 5.74) is 3.59. The van der Waals surface area contributed by atoms with Crippen LogP contribution in [0.3, 0.4) is 0 Å². The summed E-state index contributed by atoms with van der Waals surface area (Å²) < 4.78 is 11.4. The number of aromatic nitrogens is 2. The first-order valence-electron chi connectivity index (χ1n) is 8.73. The van der Waals surface area contributed by atoms with E-state index in [1.54, 1.807) is 0 Å². The van der Waals surface area contributed by atoms with E-state index in [2.05, 4.69) is 23.6 Å². The zero-order chi connectivity index (χ0) is 15.9. The van der Waals surface area contributed by atoms with Crippen LogP contribution >= 0.6 is 0 Å². The summed E-state index contributed by atoms with van der Waals surface area (Å²) in [4.78, 5) is 14.6. The van der Waals surface area contributed by atoms with E-state index in [1.807, 2.05) is 0 Å². The smallest absolute Gasteiger partial charge is 0.225 e. The molecule has 0 bridgehead atoms. The van der Waals surface area contributed by atoms with Gasteiger partial charge in [-0.2, -0.15) is 0 Å². The van der Waals surface area contributed by atoms with Crippen LogP contribution in [0, 0.1) is 6.92 Å². The minimum absolute atomic E-state index is 0.0539. The lowest BCUT2D eigenvalue weighted by Gasteiger charge is -2.36. The van der Waals surface area contributed by atoms with Crippen molar-refractivity contribution in [3.63, 3.8) is 0 Å². The molecular weight excluding hydrogens is 292 g/mol. The second-order valence-electron chi connectivity index (χ2n) is 6.93. The van der Waals surface area contributed by atoms with Gasteiger partial charge in [0.25, 0.3) is 0 Å². The maximum Gasteiger partial charge on any atom is 0.225 e. The van der Waals surface area contributed by atoms with Gasteiger partial charge in [0, 0.05) is 30.9 Å². The Balaban J connectivity index is 1.73. The maximum atomic E-state index is 5.95. The molecule has 1 spiro atoms. The second-order valence-corrected chi connectivity index (χ2v) is 6.93. The van der Waals surface area contributed by atoms with Crippen LogP contribution in [0.2, 0.25) is 0 Å². The Morgan fingerprint density at radius 3 is 2.70 bits per heavy atom. The summed E-state index contributed by atoms with van der Waals surface area (Å²) in [5.74, 6) is 0.876. The molecule has 1 aromatic rings. The van der Waals surface area contributed by atoms with Crippen molar-refractivity contribution >= 4 is 5.95 Å². The Morgan fingerprint density at radius 1 is 1.13 bits per heavy atom. The highest BCUT2D eigenvalue weighted by Crippen LogP contribution is 2.40. The first-order valence-corrected chi connectivity index (χ1v) is 8.73. The van der Waals surface area contributed by atoms with E-state index in [1.165, 1.54) is 11.3 Å². The molecule has 1 atom stereocenters. The highest BCUT2D eigenvalue weighted by molar-refractivity contribution is 5.42. The van der Waals surface area contributed by atoms with Crippen LogP contribution in [-0.4, -0.2) is 67.4 Å². The lowest BCUT2D eigenvalue weighted by atomic mass is 9.80. The highest BCUT2D eigenvalue weighted by Gasteiger charge is 2.45. The minimum atomic E-state index is 0.0539. The van der Waals surface area contributed by atoms with Crippen molar-refractivity contribution < 1.29 is 9.47 Å². The van der Waals surface area contributed by atoms with Gasteiger partial charge in [-0.05, 0) is 26.4 Å². The molecule has 0 unspecified atom stereocenters. The van der Waals surface area contributed by atoms with E-state index in [9.17, 15) is 0 Å². The maximum absolute atomic E-state index is 5.95. The Hall–Kier alpha value is -1.24. The average molecular weight is 318 g/mol. The van der Waals surface area contributed by atoms with E-state index in [0.717, 1.165) is 70.6 Å². The number of aryl methyl sites for hydroxylation is 1. The normalized spacial score (nSPS) is 28.3. The molecule has 0 radical (unpaired) electrons. The van der Waals surface area contributed by atoms with Crippen LogP contribution in [0.5, 0.6) is 0 Å². The molecule has 0 amide bonds. The summed E-state index contributed by atoms with van der Waals surface area (Å²) in [7, 11) is 0. The van der Waals surface area contributed by atoms with Crippen molar-refractivity contribution in [2.45, 2.75) is 32.3 Å². The fourth-order valence-corrected chi connectivity index (χ4v) is 4.05. The van der Waals surface area contributed by atoms with Gasteiger partial charge in [0.05, 0.1) is 37.5 Å². The number of likely N-dealkylation sites (N-methyl/N-ethyl adjacent to an activating group) is 1. The topological polar surface area (TPSA) is 50.7 Å². The van der Waals surface area contributed by atoms with Gasteiger partial charge < -0.3 is 19.3 Å². The third-order valence-corrected chi connectivity index (χ3v) is 5.50. The SMILES string of the molecule is CCN1CC[C@]2(COCc3c(C)nc(N4CCOCC4)nc32)C1. The molecule has 23 heavy (non-hydrogen) atoms. The van der Waals surface area contributed by atoms with Gasteiger partial charge in [0.15, 0.2) is 0 Å². The lowest BCUT2D eigenvalue weighted by molar-refractivity contribution is 0.0502. The number of hydrogen-bond donors (Lipinski definition) is 0. The number of morpholine rings is 1. The van der Waals surface area contributed by atoms with Gasteiger partial charge >= 0.3 is 0 Å². The third kappa shape index (κ3) is 2.62. The van der Waals surface area contributed by atoms with Gasteiger partial charge in [0.1, 0.15) is 0 Å². The average Bonchev–Trinajstić information content (AvgIpc) is 3.00. The molecule has 0 aromatic carbocycles. The molecule has 0 saturated carbocycles. The molecule has 6 heteroatoms. The fourth-order valence-electron chi connectivity index (χ4n) is 4.05. The zero-order valence-electron chi connectivity index (χ0n) is 14.2. The standard InChI is InChI=1S/C17H26N4O2/c1-3-20-5-4-17(11-20)12-23-10-14-13(2)18-16(19-15(14)17)21-6-8-22-9-7-21/h3-12H2,1-2H3/t17-/m1/s1. The minimum Gasteiger partial charge on any atom is -0.378 e. The number of likely N-dealkylation sites (tertiary alicyclic amines) is 1. The molecule has 0 N–H and O–H groups in total.